The van der Waals surface area contributed by atoms with E-state index in [9.17, 15) is 0 Å². The molecule has 4 rings (SSSR count). The van der Waals surface area contributed by atoms with Crippen molar-refractivity contribution in [2.75, 3.05) is 57.4 Å². The minimum atomic E-state index is 0.184. The quantitative estimate of drug-likeness (QED) is 0.371. The van der Waals surface area contributed by atoms with Gasteiger partial charge in [-0.1, -0.05) is 12.1 Å². The smallest absolute Gasteiger partial charge is 0.191 e. The van der Waals surface area contributed by atoms with E-state index in [4.69, 9.17) is 9.73 Å². The molecule has 1 aromatic carbocycles. The van der Waals surface area contributed by atoms with Crippen LogP contribution in [0.2, 0.25) is 0 Å². The van der Waals surface area contributed by atoms with Crippen LogP contribution in [-0.4, -0.2) is 83.4 Å². The summed E-state index contributed by atoms with van der Waals surface area (Å²) in [5.74, 6) is 4.41. The molecule has 2 aromatic rings. The predicted molar refractivity (Wildman–Crippen MR) is 130 cm³/mol. The Bertz CT molecular complexity index is 870. The third kappa shape index (κ3) is 5.35. The van der Waals surface area contributed by atoms with Gasteiger partial charge in [-0.25, -0.2) is 4.98 Å². The fourth-order valence-electron chi connectivity index (χ4n) is 4.60. The first-order valence-corrected chi connectivity index (χ1v) is 12.7. The van der Waals surface area contributed by atoms with Gasteiger partial charge in [0.15, 0.2) is 5.96 Å². The molecule has 1 unspecified atom stereocenters. The van der Waals surface area contributed by atoms with Gasteiger partial charge in [-0.2, -0.15) is 11.8 Å². The lowest BCUT2D eigenvalue weighted by Crippen LogP contribution is -2.56. The summed E-state index contributed by atoms with van der Waals surface area (Å²) in [7, 11) is 0. The molecule has 2 aliphatic rings. The maximum atomic E-state index is 5.58. The van der Waals surface area contributed by atoms with E-state index in [-0.39, 0.29) is 5.54 Å². The first-order chi connectivity index (χ1) is 15.2. The maximum absolute atomic E-state index is 5.58. The van der Waals surface area contributed by atoms with Crippen LogP contribution in [0, 0.1) is 6.92 Å². The lowest BCUT2D eigenvalue weighted by Gasteiger charge is -2.42. The second-order valence-electron chi connectivity index (χ2n) is 8.40. The van der Waals surface area contributed by atoms with Crippen LogP contribution in [0.5, 0.6) is 0 Å². The molecule has 0 amide bonds. The summed E-state index contributed by atoms with van der Waals surface area (Å²) in [5.41, 5.74) is 2.47. The van der Waals surface area contributed by atoms with Crippen LogP contribution >= 0.6 is 11.8 Å². The molecule has 2 aliphatic heterocycles. The number of aryl methyl sites for hydroxylation is 2. The molecule has 0 saturated carbocycles. The lowest BCUT2D eigenvalue weighted by molar-refractivity contribution is -0.0104. The average molecular weight is 445 g/mol. The summed E-state index contributed by atoms with van der Waals surface area (Å²) in [6.07, 6.45) is 2.24. The lowest BCUT2D eigenvalue weighted by atomic mass is 9.96. The zero-order valence-electron chi connectivity index (χ0n) is 18.9. The third-order valence-corrected chi connectivity index (χ3v) is 7.57. The summed E-state index contributed by atoms with van der Waals surface area (Å²) in [5, 5.41) is 6.98. The average Bonchev–Trinajstić information content (AvgIpc) is 3.40. The summed E-state index contributed by atoms with van der Waals surface area (Å²) in [6.45, 7) is 11.5. The van der Waals surface area contributed by atoms with E-state index < -0.39 is 0 Å². The highest BCUT2D eigenvalue weighted by Crippen LogP contribution is 2.34. The van der Waals surface area contributed by atoms with Crippen LogP contribution < -0.4 is 10.6 Å². The van der Waals surface area contributed by atoms with Gasteiger partial charge < -0.3 is 19.9 Å². The van der Waals surface area contributed by atoms with Gasteiger partial charge in [0, 0.05) is 38.5 Å². The molecule has 3 heterocycles. The Kier molecular flexibility index (Phi) is 7.74. The van der Waals surface area contributed by atoms with E-state index in [0.29, 0.717) is 0 Å². The van der Waals surface area contributed by atoms with Crippen LogP contribution in [0.3, 0.4) is 0 Å². The monoisotopic (exact) mass is 444 g/mol. The number of benzene rings is 1. The molecule has 31 heavy (non-hydrogen) atoms. The number of nitrogens with zero attached hydrogens (tertiary/aromatic N) is 4. The molecule has 2 saturated heterocycles. The molecule has 0 bridgehead atoms. The van der Waals surface area contributed by atoms with Gasteiger partial charge in [-0.3, -0.25) is 9.89 Å². The number of aliphatic imine (C=N–C) groups is 1. The number of guanidine groups is 1. The normalized spacial score (nSPS) is 22.8. The SMILES string of the molecule is CCNC(=NCC1(N2CCOCC2)CCSC1)NCCCn1c(C)nc2ccccc21. The second kappa shape index (κ2) is 10.7. The Hall–Kier alpha value is -1.77. The van der Waals surface area contributed by atoms with Gasteiger partial charge in [0.25, 0.3) is 0 Å². The summed E-state index contributed by atoms with van der Waals surface area (Å²) >= 11 is 2.06. The Labute approximate surface area is 190 Å². The zero-order chi connectivity index (χ0) is 21.5. The number of aromatic nitrogens is 2. The molecule has 0 spiro atoms. The van der Waals surface area contributed by atoms with Crippen molar-refractivity contribution >= 4 is 28.8 Å². The number of hydrogen-bond donors (Lipinski definition) is 2. The van der Waals surface area contributed by atoms with Crippen molar-refractivity contribution in [1.82, 2.24) is 25.1 Å². The highest BCUT2D eigenvalue weighted by atomic mass is 32.2. The molecule has 8 heteroatoms. The van der Waals surface area contributed by atoms with Gasteiger partial charge in [-0.05, 0) is 44.6 Å². The van der Waals surface area contributed by atoms with E-state index in [1.165, 1.54) is 23.4 Å². The molecule has 2 N–H and O–H groups in total. The number of imidazole rings is 1. The number of nitrogens with one attached hydrogen (secondary N) is 2. The second-order valence-corrected chi connectivity index (χ2v) is 9.51. The Morgan fingerprint density at radius 1 is 1.26 bits per heavy atom. The number of thioether (sulfide) groups is 1. The van der Waals surface area contributed by atoms with Crippen molar-refractivity contribution in [3.05, 3.63) is 30.1 Å². The van der Waals surface area contributed by atoms with Gasteiger partial charge in [0.1, 0.15) is 5.82 Å². The minimum absolute atomic E-state index is 0.184. The van der Waals surface area contributed by atoms with Crippen molar-refractivity contribution in [2.45, 2.75) is 38.8 Å². The number of para-hydroxylation sites is 2. The molecule has 7 nitrogen and oxygen atoms in total. The van der Waals surface area contributed by atoms with Crippen molar-refractivity contribution in [3.63, 3.8) is 0 Å². The number of fused-ring (bicyclic) bond motifs is 1. The zero-order valence-corrected chi connectivity index (χ0v) is 19.7. The summed E-state index contributed by atoms with van der Waals surface area (Å²) in [6, 6.07) is 8.36. The van der Waals surface area contributed by atoms with Crippen LogP contribution in [-0.2, 0) is 11.3 Å². The molecule has 0 aliphatic carbocycles. The van der Waals surface area contributed by atoms with Gasteiger partial charge in [0.2, 0.25) is 0 Å². The Morgan fingerprint density at radius 3 is 2.87 bits per heavy atom. The number of morpholine rings is 1. The van der Waals surface area contributed by atoms with Gasteiger partial charge in [-0.15, -0.1) is 0 Å². The van der Waals surface area contributed by atoms with Crippen molar-refractivity contribution in [2.24, 2.45) is 4.99 Å². The number of hydrogen-bond acceptors (Lipinski definition) is 5. The standard InChI is InChI=1S/C23H36N6OS/c1-3-24-22(26-17-23(9-16-31-18-23)28-12-14-30-15-13-28)25-10-6-11-29-19(2)27-20-7-4-5-8-21(20)29/h4-5,7-8H,3,6,9-18H2,1-2H3,(H2,24,25,26). The maximum Gasteiger partial charge on any atom is 0.191 e. The van der Waals surface area contributed by atoms with E-state index in [1.54, 1.807) is 0 Å². The highest BCUT2D eigenvalue weighted by Gasteiger charge is 2.40. The predicted octanol–water partition coefficient (Wildman–Crippen LogP) is 2.50. The fraction of sp³-hybridized carbons (Fsp3) is 0.652. The molecule has 0 radical (unpaired) electrons. The van der Waals surface area contributed by atoms with Crippen molar-refractivity contribution < 1.29 is 4.74 Å². The molecule has 2 fully saturated rings. The number of rotatable bonds is 8. The molecular formula is C23H36N6OS. The number of ether oxygens (including phenoxy) is 1. The van der Waals surface area contributed by atoms with Crippen LogP contribution in [0.1, 0.15) is 25.6 Å². The molecule has 1 atom stereocenters. The Morgan fingerprint density at radius 2 is 2.10 bits per heavy atom. The van der Waals surface area contributed by atoms with Crippen LogP contribution in [0.25, 0.3) is 11.0 Å². The van der Waals surface area contributed by atoms with E-state index in [1.807, 2.05) is 6.07 Å². The van der Waals surface area contributed by atoms with E-state index in [0.717, 1.165) is 76.2 Å². The van der Waals surface area contributed by atoms with Crippen LogP contribution in [0.15, 0.2) is 29.3 Å². The van der Waals surface area contributed by atoms with Crippen LogP contribution in [0.4, 0.5) is 0 Å². The van der Waals surface area contributed by atoms with Gasteiger partial charge in [0.05, 0.1) is 36.3 Å². The first-order valence-electron chi connectivity index (χ1n) is 11.6. The van der Waals surface area contributed by atoms with Gasteiger partial charge >= 0.3 is 0 Å². The topological polar surface area (TPSA) is 66.7 Å². The minimum Gasteiger partial charge on any atom is -0.379 e. The van der Waals surface area contributed by atoms with E-state index in [2.05, 4.69) is 68.9 Å². The largest absolute Gasteiger partial charge is 0.379 e. The van der Waals surface area contributed by atoms with E-state index >= 15 is 0 Å². The first kappa shape index (κ1) is 22.4. The van der Waals surface area contributed by atoms with Crippen molar-refractivity contribution in [3.8, 4) is 0 Å². The van der Waals surface area contributed by atoms with Crippen molar-refractivity contribution in [1.29, 1.82) is 0 Å². The summed E-state index contributed by atoms with van der Waals surface area (Å²) in [4.78, 5) is 12.3. The fourth-order valence-corrected chi connectivity index (χ4v) is 6.07. The summed E-state index contributed by atoms with van der Waals surface area (Å²) < 4.78 is 7.89. The third-order valence-electron chi connectivity index (χ3n) is 6.34. The highest BCUT2D eigenvalue weighted by molar-refractivity contribution is 7.99. The molecule has 170 valence electrons. The molecular weight excluding hydrogens is 408 g/mol. The Balaban J connectivity index is 1.34. The molecule has 1 aromatic heterocycles.